The van der Waals surface area contributed by atoms with Crippen molar-refractivity contribution < 1.29 is 19.1 Å². The molecule has 1 aliphatic carbocycles. The summed E-state index contributed by atoms with van der Waals surface area (Å²) < 4.78 is 10.3. The van der Waals surface area contributed by atoms with E-state index >= 15 is 0 Å². The summed E-state index contributed by atoms with van der Waals surface area (Å²) in [7, 11) is 2.92. The van der Waals surface area contributed by atoms with Gasteiger partial charge in [-0.05, 0) is 48.9 Å². The van der Waals surface area contributed by atoms with Gasteiger partial charge in [0, 0.05) is 10.4 Å². The SMILES string of the molecule is CC[C@H]1CCc2sc(C(=O)NNC(=O)c3cc(Cl)c(OC)c(OC)c3)cc2C1. The van der Waals surface area contributed by atoms with E-state index in [2.05, 4.69) is 17.8 Å². The topological polar surface area (TPSA) is 76.7 Å². The molecule has 0 saturated heterocycles. The standard InChI is InChI=1S/C20H23ClN2O4S/c1-4-11-5-6-16-12(7-11)10-17(28-16)20(25)23-22-19(24)13-8-14(21)18(27-3)15(9-13)26-2/h8-11H,4-7H2,1-3H3,(H,22,24)(H,23,25)/t11-/m0/s1. The van der Waals surface area contributed by atoms with Crippen molar-refractivity contribution in [1.82, 2.24) is 10.9 Å². The highest BCUT2D eigenvalue weighted by atomic mass is 35.5. The number of benzene rings is 1. The first kappa shape index (κ1) is 20.5. The van der Waals surface area contributed by atoms with Gasteiger partial charge in [-0.3, -0.25) is 20.4 Å². The van der Waals surface area contributed by atoms with E-state index in [-0.39, 0.29) is 16.5 Å². The molecule has 6 nitrogen and oxygen atoms in total. The second-order valence-corrected chi connectivity index (χ2v) is 8.22. The predicted molar refractivity (Wildman–Crippen MR) is 110 cm³/mol. The molecule has 3 rings (SSSR count). The number of thiophene rings is 1. The molecule has 0 spiro atoms. The molecule has 0 unspecified atom stereocenters. The van der Waals surface area contributed by atoms with Crippen molar-refractivity contribution in [3.63, 3.8) is 0 Å². The van der Waals surface area contributed by atoms with E-state index in [0.717, 1.165) is 19.3 Å². The maximum atomic E-state index is 12.5. The van der Waals surface area contributed by atoms with Gasteiger partial charge in [0.05, 0.1) is 24.1 Å². The monoisotopic (exact) mass is 422 g/mol. The van der Waals surface area contributed by atoms with Gasteiger partial charge < -0.3 is 9.47 Å². The van der Waals surface area contributed by atoms with E-state index in [1.165, 1.54) is 54.6 Å². The number of nitrogens with one attached hydrogen (secondary N) is 2. The Kier molecular flexibility index (Phi) is 6.46. The first-order chi connectivity index (χ1) is 13.5. The molecule has 2 aromatic rings. The number of carbonyl (C=O) groups excluding carboxylic acids is 2. The molecule has 1 aliphatic rings. The number of halogens is 1. The summed E-state index contributed by atoms with van der Waals surface area (Å²) in [5.74, 6) is 0.547. The summed E-state index contributed by atoms with van der Waals surface area (Å²) in [5, 5.41) is 0.245. The summed E-state index contributed by atoms with van der Waals surface area (Å²) in [4.78, 5) is 26.7. The molecule has 0 fully saturated rings. The number of amides is 2. The van der Waals surface area contributed by atoms with Crippen LogP contribution in [0.1, 0.15) is 50.2 Å². The molecule has 1 atom stereocenters. The maximum absolute atomic E-state index is 12.5. The number of hydrazine groups is 1. The third-order valence-corrected chi connectivity index (χ3v) is 6.49. The van der Waals surface area contributed by atoms with Crippen LogP contribution in [0, 0.1) is 5.92 Å². The van der Waals surface area contributed by atoms with Gasteiger partial charge in [-0.1, -0.05) is 24.9 Å². The number of ether oxygens (including phenoxy) is 2. The van der Waals surface area contributed by atoms with Crippen molar-refractivity contribution in [1.29, 1.82) is 0 Å². The van der Waals surface area contributed by atoms with Crippen molar-refractivity contribution >= 4 is 34.8 Å². The van der Waals surface area contributed by atoms with Crippen LogP contribution >= 0.6 is 22.9 Å². The minimum atomic E-state index is -0.497. The Balaban J connectivity index is 1.66. The van der Waals surface area contributed by atoms with Crippen LogP contribution in [0.15, 0.2) is 18.2 Å². The Labute approximate surface area is 173 Å². The first-order valence-electron chi connectivity index (χ1n) is 9.10. The van der Waals surface area contributed by atoms with E-state index in [0.29, 0.717) is 22.3 Å². The lowest BCUT2D eigenvalue weighted by atomic mass is 9.87. The largest absolute Gasteiger partial charge is 0.493 e. The van der Waals surface area contributed by atoms with Crippen molar-refractivity contribution in [2.45, 2.75) is 32.6 Å². The molecule has 0 radical (unpaired) electrons. The Hall–Kier alpha value is -2.25. The number of rotatable bonds is 5. The van der Waals surface area contributed by atoms with E-state index < -0.39 is 5.91 Å². The maximum Gasteiger partial charge on any atom is 0.279 e. The number of carbonyl (C=O) groups is 2. The lowest BCUT2D eigenvalue weighted by Crippen LogP contribution is -2.41. The minimum Gasteiger partial charge on any atom is -0.493 e. The fourth-order valence-electron chi connectivity index (χ4n) is 3.36. The van der Waals surface area contributed by atoms with Crippen molar-refractivity contribution in [3.8, 4) is 11.5 Å². The summed E-state index contributed by atoms with van der Waals surface area (Å²) in [5.41, 5.74) is 6.41. The first-order valence-corrected chi connectivity index (χ1v) is 10.3. The van der Waals surface area contributed by atoms with Crippen LogP contribution in [0.4, 0.5) is 0 Å². The van der Waals surface area contributed by atoms with Crippen molar-refractivity contribution in [3.05, 3.63) is 44.1 Å². The number of aryl methyl sites for hydroxylation is 1. The predicted octanol–water partition coefficient (Wildman–Crippen LogP) is 4.01. The van der Waals surface area contributed by atoms with Crippen molar-refractivity contribution in [2.24, 2.45) is 5.92 Å². The Morgan fingerprint density at radius 2 is 1.93 bits per heavy atom. The summed E-state index contributed by atoms with van der Waals surface area (Å²) in [6, 6.07) is 4.90. The van der Waals surface area contributed by atoms with Crippen LogP contribution in [0.2, 0.25) is 5.02 Å². The molecular weight excluding hydrogens is 400 g/mol. The molecule has 8 heteroatoms. The number of hydrogen-bond acceptors (Lipinski definition) is 5. The molecular formula is C20H23ClN2O4S. The van der Waals surface area contributed by atoms with Gasteiger partial charge >= 0.3 is 0 Å². The smallest absolute Gasteiger partial charge is 0.279 e. The van der Waals surface area contributed by atoms with E-state index in [9.17, 15) is 9.59 Å². The van der Waals surface area contributed by atoms with Gasteiger partial charge in [0.25, 0.3) is 11.8 Å². The third-order valence-electron chi connectivity index (χ3n) is 4.97. The molecule has 1 aromatic carbocycles. The van der Waals surface area contributed by atoms with Crippen LogP contribution in [-0.2, 0) is 12.8 Å². The average molecular weight is 423 g/mol. The van der Waals surface area contributed by atoms with E-state index in [4.69, 9.17) is 21.1 Å². The Morgan fingerprint density at radius 1 is 1.18 bits per heavy atom. The van der Waals surface area contributed by atoms with Gasteiger partial charge in [0.15, 0.2) is 11.5 Å². The molecule has 150 valence electrons. The summed E-state index contributed by atoms with van der Waals surface area (Å²) in [6.45, 7) is 2.20. The summed E-state index contributed by atoms with van der Waals surface area (Å²) in [6.07, 6.45) is 4.36. The van der Waals surface area contributed by atoms with Gasteiger partial charge in [-0.25, -0.2) is 0 Å². The fourth-order valence-corrected chi connectivity index (χ4v) is 4.75. The normalized spacial score (nSPS) is 15.5. The lowest BCUT2D eigenvalue weighted by molar-refractivity contribution is 0.0848. The zero-order valence-electron chi connectivity index (χ0n) is 16.1. The highest BCUT2D eigenvalue weighted by Crippen LogP contribution is 2.36. The van der Waals surface area contributed by atoms with Gasteiger partial charge in [-0.15, -0.1) is 11.3 Å². The Bertz CT molecular complexity index is 897. The second-order valence-electron chi connectivity index (χ2n) is 6.68. The molecule has 2 amide bonds. The zero-order valence-corrected chi connectivity index (χ0v) is 17.6. The van der Waals surface area contributed by atoms with E-state index in [1.54, 1.807) is 0 Å². The van der Waals surface area contributed by atoms with Crippen LogP contribution < -0.4 is 20.3 Å². The fraction of sp³-hybridized carbons (Fsp3) is 0.400. The van der Waals surface area contributed by atoms with Gasteiger partial charge in [0.1, 0.15) is 0 Å². The summed E-state index contributed by atoms with van der Waals surface area (Å²) >= 11 is 7.62. The molecule has 1 heterocycles. The average Bonchev–Trinajstić information content (AvgIpc) is 3.14. The second kappa shape index (κ2) is 8.84. The molecule has 0 bridgehead atoms. The van der Waals surface area contributed by atoms with Crippen LogP contribution in [-0.4, -0.2) is 26.0 Å². The number of hydrogen-bond donors (Lipinski definition) is 2. The highest BCUT2D eigenvalue weighted by molar-refractivity contribution is 7.14. The van der Waals surface area contributed by atoms with Gasteiger partial charge in [0.2, 0.25) is 0 Å². The molecule has 28 heavy (non-hydrogen) atoms. The molecule has 1 aromatic heterocycles. The van der Waals surface area contributed by atoms with Crippen LogP contribution in [0.25, 0.3) is 0 Å². The van der Waals surface area contributed by atoms with E-state index in [1.807, 2.05) is 6.07 Å². The highest BCUT2D eigenvalue weighted by Gasteiger charge is 2.22. The molecule has 2 N–H and O–H groups in total. The van der Waals surface area contributed by atoms with Crippen molar-refractivity contribution in [2.75, 3.05) is 14.2 Å². The quantitative estimate of drug-likeness (QED) is 0.714. The van der Waals surface area contributed by atoms with Crippen LogP contribution in [0.3, 0.4) is 0 Å². The molecule has 0 saturated carbocycles. The third kappa shape index (κ3) is 4.25. The minimum absolute atomic E-state index is 0.245. The lowest BCUT2D eigenvalue weighted by Gasteiger charge is -2.19. The zero-order chi connectivity index (χ0) is 20.3. The Morgan fingerprint density at radius 3 is 2.61 bits per heavy atom. The van der Waals surface area contributed by atoms with Gasteiger partial charge in [-0.2, -0.15) is 0 Å². The number of fused-ring (bicyclic) bond motifs is 1. The van der Waals surface area contributed by atoms with Crippen LogP contribution in [0.5, 0.6) is 11.5 Å². The molecule has 0 aliphatic heterocycles. The number of methoxy groups -OCH3 is 2.